The molecule has 0 saturated heterocycles. The van der Waals surface area contributed by atoms with Gasteiger partial charge in [-0.1, -0.05) is 41.9 Å². The van der Waals surface area contributed by atoms with Crippen LogP contribution in [0.1, 0.15) is 27.4 Å². The first-order valence-electron chi connectivity index (χ1n) is 11.7. The van der Waals surface area contributed by atoms with Gasteiger partial charge in [0.05, 0.1) is 31.9 Å². The molecule has 202 valence electrons. The van der Waals surface area contributed by atoms with Crippen molar-refractivity contribution in [2.45, 2.75) is 18.0 Å². The average Bonchev–Trinajstić information content (AvgIpc) is 3.40. The van der Waals surface area contributed by atoms with Crippen LogP contribution in [0, 0.1) is 0 Å². The molecule has 0 radical (unpaired) electrons. The molecule has 1 aromatic heterocycles. The number of hydrazone groups is 1. The minimum absolute atomic E-state index is 0.0221. The fourth-order valence-corrected chi connectivity index (χ4v) is 5.21. The number of carbonyl (C=O) groups excluding carboxylic acids is 1. The Labute approximate surface area is 231 Å². The van der Waals surface area contributed by atoms with E-state index in [1.54, 1.807) is 24.3 Å². The van der Waals surface area contributed by atoms with E-state index in [0.717, 1.165) is 5.56 Å². The van der Waals surface area contributed by atoms with Crippen LogP contribution >= 0.6 is 11.6 Å². The van der Waals surface area contributed by atoms with Crippen molar-refractivity contribution in [3.8, 4) is 11.5 Å². The highest BCUT2D eigenvalue weighted by atomic mass is 35.5. The Morgan fingerprint density at radius 1 is 0.949 bits per heavy atom. The smallest absolute Gasteiger partial charge is 0.271 e. The summed E-state index contributed by atoms with van der Waals surface area (Å²) < 4.78 is 44.5. The lowest BCUT2D eigenvalue weighted by molar-refractivity contribution is 0.0954. The topological polar surface area (TPSA) is 110 Å². The van der Waals surface area contributed by atoms with Gasteiger partial charge < -0.3 is 13.9 Å². The molecule has 1 amide bonds. The molecule has 4 aromatic rings. The van der Waals surface area contributed by atoms with Gasteiger partial charge in [-0.25, -0.2) is 13.8 Å². The van der Waals surface area contributed by atoms with E-state index in [0.29, 0.717) is 33.6 Å². The van der Waals surface area contributed by atoms with E-state index in [1.165, 1.54) is 55.1 Å². The summed E-state index contributed by atoms with van der Waals surface area (Å²) in [4.78, 5) is 12.6. The van der Waals surface area contributed by atoms with Gasteiger partial charge in [0.2, 0.25) is 10.0 Å². The van der Waals surface area contributed by atoms with Gasteiger partial charge in [-0.15, -0.1) is 0 Å². The number of nitrogens with one attached hydrogen (secondary N) is 1. The van der Waals surface area contributed by atoms with Crippen LogP contribution in [-0.4, -0.2) is 39.1 Å². The van der Waals surface area contributed by atoms with E-state index in [-0.39, 0.29) is 18.0 Å². The molecule has 0 saturated carbocycles. The van der Waals surface area contributed by atoms with E-state index in [2.05, 4.69) is 10.5 Å². The third-order valence-corrected chi connectivity index (χ3v) is 7.73. The highest BCUT2D eigenvalue weighted by molar-refractivity contribution is 7.89. The van der Waals surface area contributed by atoms with Crippen LogP contribution in [0.25, 0.3) is 0 Å². The van der Waals surface area contributed by atoms with Gasteiger partial charge in [-0.3, -0.25) is 4.79 Å². The highest BCUT2D eigenvalue weighted by Gasteiger charge is 2.26. The Hall–Kier alpha value is -4.12. The first-order valence-corrected chi connectivity index (χ1v) is 13.6. The van der Waals surface area contributed by atoms with E-state index in [4.69, 9.17) is 25.5 Å². The molecule has 9 nitrogen and oxygen atoms in total. The summed E-state index contributed by atoms with van der Waals surface area (Å²) in [6.07, 6.45) is 1.33. The predicted octanol–water partition coefficient (Wildman–Crippen LogP) is 5.11. The molecule has 39 heavy (non-hydrogen) atoms. The molecule has 0 unspecified atom stereocenters. The first-order chi connectivity index (χ1) is 18.8. The molecule has 4 rings (SSSR count). The number of rotatable bonds is 11. The number of methoxy groups -OCH3 is 2. The van der Waals surface area contributed by atoms with Crippen molar-refractivity contribution in [1.82, 2.24) is 9.73 Å². The maximum absolute atomic E-state index is 13.5. The zero-order valence-electron chi connectivity index (χ0n) is 21.2. The predicted molar refractivity (Wildman–Crippen MR) is 148 cm³/mol. The number of carbonyl (C=O) groups is 1. The number of furan rings is 1. The lowest BCUT2D eigenvalue weighted by Crippen LogP contribution is -2.30. The fourth-order valence-electron chi connectivity index (χ4n) is 3.69. The molecule has 0 aliphatic carbocycles. The minimum atomic E-state index is -3.87. The molecule has 3 aromatic carbocycles. The number of amides is 1. The number of hydrogen-bond acceptors (Lipinski definition) is 7. The van der Waals surface area contributed by atoms with Crippen molar-refractivity contribution in [3.63, 3.8) is 0 Å². The van der Waals surface area contributed by atoms with Crippen LogP contribution in [0.15, 0.2) is 99.3 Å². The Morgan fingerprint density at radius 3 is 2.36 bits per heavy atom. The summed E-state index contributed by atoms with van der Waals surface area (Å²) in [6, 6.07) is 23.3. The van der Waals surface area contributed by atoms with Crippen molar-refractivity contribution >= 4 is 33.7 Å². The second kappa shape index (κ2) is 12.6. The second-order valence-electron chi connectivity index (χ2n) is 8.29. The van der Waals surface area contributed by atoms with Crippen LogP contribution in [0.2, 0.25) is 5.02 Å². The normalized spacial score (nSPS) is 11.6. The van der Waals surface area contributed by atoms with Crippen LogP contribution in [0.5, 0.6) is 11.5 Å². The lowest BCUT2D eigenvalue weighted by Gasteiger charge is -2.21. The molecular weight excluding hydrogens is 542 g/mol. The van der Waals surface area contributed by atoms with E-state index in [9.17, 15) is 13.2 Å². The van der Waals surface area contributed by atoms with Gasteiger partial charge in [0, 0.05) is 17.1 Å². The average molecular weight is 568 g/mol. The number of benzene rings is 3. The van der Waals surface area contributed by atoms with Gasteiger partial charge in [0.25, 0.3) is 5.91 Å². The summed E-state index contributed by atoms with van der Waals surface area (Å²) in [6.45, 7) is 0.114. The third kappa shape index (κ3) is 7.05. The summed E-state index contributed by atoms with van der Waals surface area (Å²) in [7, 11) is -0.882. The van der Waals surface area contributed by atoms with Gasteiger partial charge in [-0.05, 0) is 60.2 Å². The van der Waals surface area contributed by atoms with Crippen molar-refractivity contribution in [2.24, 2.45) is 5.10 Å². The van der Waals surface area contributed by atoms with E-state index < -0.39 is 15.9 Å². The van der Waals surface area contributed by atoms with Gasteiger partial charge in [0.1, 0.15) is 11.5 Å². The summed E-state index contributed by atoms with van der Waals surface area (Å²) in [5, 5.41) is 4.39. The van der Waals surface area contributed by atoms with Crippen LogP contribution in [0.3, 0.4) is 0 Å². The number of sulfonamides is 1. The molecule has 1 heterocycles. The Kier molecular flexibility index (Phi) is 9.03. The monoisotopic (exact) mass is 567 g/mol. The zero-order valence-corrected chi connectivity index (χ0v) is 22.8. The quantitative estimate of drug-likeness (QED) is 0.199. The molecule has 0 bridgehead atoms. The molecular formula is C28H26ClN3O6S. The number of ether oxygens (including phenoxy) is 2. The third-order valence-electron chi connectivity index (χ3n) is 5.67. The summed E-state index contributed by atoms with van der Waals surface area (Å²) in [5.74, 6) is 1.19. The number of hydrogen-bond donors (Lipinski definition) is 1. The van der Waals surface area contributed by atoms with Gasteiger partial charge >= 0.3 is 0 Å². The van der Waals surface area contributed by atoms with Gasteiger partial charge in [-0.2, -0.15) is 9.41 Å². The standard InChI is InChI=1S/C28H26ClN3O6S/c1-36-26-15-8-21(16-27(26)37-2)28(33)31-30-17-23-11-12-24(38-23)19-32(18-20-6-4-3-5-7-20)39(34,35)25-13-9-22(29)10-14-25/h3-17H,18-19H2,1-2H3,(H,31,33)/b30-17-. The zero-order chi connectivity index (χ0) is 27.8. The SMILES string of the molecule is COc1ccc(C(=O)N/N=C\c2ccc(CN(Cc3ccccc3)S(=O)(=O)c3ccc(Cl)cc3)o2)cc1OC. The fraction of sp³-hybridized carbons (Fsp3) is 0.143. The number of nitrogens with zero attached hydrogens (tertiary/aromatic N) is 2. The molecule has 0 aliphatic rings. The molecule has 1 N–H and O–H groups in total. The van der Waals surface area contributed by atoms with E-state index in [1.807, 2.05) is 30.3 Å². The Balaban J connectivity index is 1.48. The maximum Gasteiger partial charge on any atom is 0.271 e. The molecule has 0 atom stereocenters. The van der Waals surface area contributed by atoms with Crippen molar-refractivity contribution < 1.29 is 27.1 Å². The molecule has 0 aliphatic heterocycles. The van der Waals surface area contributed by atoms with Crippen molar-refractivity contribution in [1.29, 1.82) is 0 Å². The summed E-state index contributed by atoms with van der Waals surface area (Å²) in [5.41, 5.74) is 3.57. The van der Waals surface area contributed by atoms with Gasteiger partial charge in [0.15, 0.2) is 11.5 Å². The van der Waals surface area contributed by atoms with Crippen molar-refractivity contribution in [3.05, 3.63) is 113 Å². The van der Waals surface area contributed by atoms with E-state index >= 15 is 0 Å². The van der Waals surface area contributed by atoms with Crippen LogP contribution in [0.4, 0.5) is 0 Å². The van der Waals surface area contributed by atoms with Crippen molar-refractivity contribution in [2.75, 3.05) is 14.2 Å². The Bertz CT molecular complexity index is 1550. The first kappa shape index (κ1) is 27.9. The Morgan fingerprint density at radius 2 is 1.67 bits per heavy atom. The highest BCUT2D eigenvalue weighted by Crippen LogP contribution is 2.27. The second-order valence-corrected chi connectivity index (χ2v) is 10.7. The largest absolute Gasteiger partial charge is 0.493 e. The minimum Gasteiger partial charge on any atom is -0.493 e. The molecule has 11 heteroatoms. The summed E-state index contributed by atoms with van der Waals surface area (Å²) >= 11 is 5.95. The molecule has 0 fully saturated rings. The molecule has 0 spiro atoms. The van der Waals surface area contributed by atoms with Crippen LogP contribution in [-0.2, 0) is 23.1 Å². The number of halogens is 1. The van der Waals surface area contributed by atoms with Crippen LogP contribution < -0.4 is 14.9 Å². The maximum atomic E-state index is 13.5. The lowest BCUT2D eigenvalue weighted by atomic mass is 10.2.